The van der Waals surface area contributed by atoms with E-state index in [1.807, 2.05) is 11.6 Å². The average Bonchev–Trinajstić information content (AvgIpc) is 3.02. The lowest BCUT2D eigenvalue weighted by atomic mass is 9.96. The number of hydroxylamine groups is 1. The van der Waals surface area contributed by atoms with Crippen LogP contribution in [0.15, 0.2) is 34.3 Å². The predicted molar refractivity (Wildman–Crippen MR) is 92.4 cm³/mol. The molecular weight excluding hydrogens is 358 g/mol. The predicted octanol–water partition coefficient (Wildman–Crippen LogP) is 1.94. The Kier molecular flexibility index (Phi) is 5.43. The summed E-state index contributed by atoms with van der Waals surface area (Å²) < 4.78 is 1.93. The van der Waals surface area contributed by atoms with Gasteiger partial charge in [0.05, 0.1) is 0 Å². The first-order valence-corrected chi connectivity index (χ1v) is 8.90. The second-order valence-electron chi connectivity index (χ2n) is 6.01. The summed E-state index contributed by atoms with van der Waals surface area (Å²) >= 11 is 1.42. The number of hydrogen-bond acceptors (Lipinski definition) is 6. The van der Waals surface area contributed by atoms with Gasteiger partial charge in [0, 0.05) is 36.5 Å². The van der Waals surface area contributed by atoms with Gasteiger partial charge in [0.2, 0.25) is 0 Å². The standard InChI is InChI=1S/C16H19N5O4S/c1-20-13(10-6-8-21(9-7-10)16(23)24)17-18-15(20)26-12-4-2-11(3-5-12)14(22)19-25/h2-5,10,25H,6-9H2,1H3,(H,19,22)(H,23,24). The van der Waals surface area contributed by atoms with Gasteiger partial charge >= 0.3 is 6.09 Å². The summed E-state index contributed by atoms with van der Waals surface area (Å²) in [5, 5.41) is 26.9. The molecule has 1 saturated heterocycles. The van der Waals surface area contributed by atoms with Crippen molar-refractivity contribution in [1.29, 1.82) is 0 Å². The van der Waals surface area contributed by atoms with E-state index in [2.05, 4.69) is 10.2 Å². The van der Waals surface area contributed by atoms with E-state index in [9.17, 15) is 9.59 Å². The Hall–Kier alpha value is -2.59. The summed E-state index contributed by atoms with van der Waals surface area (Å²) in [4.78, 5) is 24.7. The molecule has 3 rings (SSSR count). The third-order valence-corrected chi connectivity index (χ3v) is 5.47. The number of carbonyl (C=O) groups is 2. The van der Waals surface area contributed by atoms with Crippen molar-refractivity contribution in [3.05, 3.63) is 35.7 Å². The highest BCUT2D eigenvalue weighted by molar-refractivity contribution is 7.99. The molecule has 0 aliphatic carbocycles. The van der Waals surface area contributed by atoms with Crippen LogP contribution in [-0.4, -0.2) is 55.1 Å². The molecule has 1 aromatic carbocycles. The van der Waals surface area contributed by atoms with Crippen molar-refractivity contribution in [3.8, 4) is 0 Å². The van der Waals surface area contributed by atoms with Gasteiger partial charge in [0.25, 0.3) is 5.91 Å². The summed E-state index contributed by atoms with van der Waals surface area (Å²) in [5.74, 6) is 0.483. The molecule has 26 heavy (non-hydrogen) atoms. The normalized spacial score (nSPS) is 15.1. The van der Waals surface area contributed by atoms with Gasteiger partial charge in [-0.2, -0.15) is 0 Å². The maximum absolute atomic E-state index is 11.3. The highest BCUT2D eigenvalue weighted by Crippen LogP contribution is 2.31. The van der Waals surface area contributed by atoms with Crippen molar-refractivity contribution in [2.75, 3.05) is 13.1 Å². The summed E-state index contributed by atoms with van der Waals surface area (Å²) in [6, 6.07) is 6.78. The van der Waals surface area contributed by atoms with Crippen molar-refractivity contribution in [2.45, 2.75) is 28.8 Å². The smallest absolute Gasteiger partial charge is 0.407 e. The Morgan fingerprint density at radius 3 is 2.42 bits per heavy atom. The molecule has 1 aliphatic rings. The molecule has 1 aliphatic heterocycles. The van der Waals surface area contributed by atoms with Gasteiger partial charge in [-0.3, -0.25) is 10.0 Å². The van der Waals surface area contributed by atoms with Gasteiger partial charge in [-0.25, -0.2) is 10.3 Å². The van der Waals surface area contributed by atoms with Crippen LogP contribution >= 0.6 is 11.8 Å². The average molecular weight is 377 g/mol. The lowest BCUT2D eigenvalue weighted by molar-refractivity contribution is 0.0706. The molecule has 0 spiro atoms. The lowest BCUT2D eigenvalue weighted by Crippen LogP contribution is -2.37. The molecule has 9 nitrogen and oxygen atoms in total. The van der Waals surface area contributed by atoms with Crippen molar-refractivity contribution in [1.82, 2.24) is 25.1 Å². The van der Waals surface area contributed by atoms with Gasteiger partial charge in [-0.15, -0.1) is 10.2 Å². The van der Waals surface area contributed by atoms with E-state index >= 15 is 0 Å². The summed E-state index contributed by atoms with van der Waals surface area (Å²) in [5.41, 5.74) is 1.96. The van der Waals surface area contributed by atoms with Gasteiger partial charge in [0.15, 0.2) is 5.16 Å². The van der Waals surface area contributed by atoms with Crippen LogP contribution < -0.4 is 5.48 Å². The second kappa shape index (κ2) is 7.75. The summed E-state index contributed by atoms with van der Waals surface area (Å²) in [6.07, 6.45) is 0.581. The molecule has 2 aromatic rings. The highest BCUT2D eigenvalue weighted by Gasteiger charge is 2.27. The molecule has 2 amide bonds. The number of carbonyl (C=O) groups excluding carboxylic acids is 1. The quantitative estimate of drug-likeness (QED) is 0.550. The van der Waals surface area contributed by atoms with E-state index in [4.69, 9.17) is 10.3 Å². The topological polar surface area (TPSA) is 121 Å². The Morgan fingerprint density at radius 1 is 1.19 bits per heavy atom. The number of hydrogen-bond donors (Lipinski definition) is 3. The summed E-state index contributed by atoms with van der Waals surface area (Å²) in [7, 11) is 1.90. The van der Waals surface area contributed by atoms with Crippen LogP contribution in [0, 0.1) is 0 Å². The molecule has 0 radical (unpaired) electrons. The molecule has 2 heterocycles. The molecule has 0 unspecified atom stereocenters. The van der Waals surface area contributed by atoms with E-state index in [-0.39, 0.29) is 5.92 Å². The fourth-order valence-electron chi connectivity index (χ4n) is 2.94. The minimum absolute atomic E-state index is 0.188. The van der Waals surface area contributed by atoms with Crippen molar-refractivity contribution >= 4 is 23.8 Å². The van der Waals surface area contributed by atoms with E-state index in [0.29, 0.717) is 18.7 Å². The number of likely N-dealkylation sites (tertiary alicyclic amines) is 1. The van der Waals surface area contributed by atoms with Crippen LogP contribution in [0.25, 0.3) is 0 Å². The van der Waals surface area contributed by atoms with Crippen LogP contribution in [0.4, 0.5) is 4.79 Å². The monoisotopic (exact) mass is 377 g/mol. The first-order valence-electron chi connectivity index (χ1n) is 8.09. The number of nitrogens with zero attached hydrogens (tertiary/aromatic N) is 4. The zero-order chi connectivity index (χ0) is 18.7. The molecule has 138 valence electrons. The van der Waals surface area contributed by atoms with Crippen molar-refractivity contribution < 1.29 is 19.9 Å². The van der Waals surface area contributed by atoms with Gasteiger partial charge in [-0.1, -0.05) is 0 Å². The first kappa shape index (κ1) is 18.2. The molecule has 10 heteroatoms. The molecule has 0 saturated carbocycles. The van der Waals surface area contributed by atoms with Gasteiger partial charge < -0.3 is 14.6 Å². The Morgan fingerprint density at radius 2 is 1.85 bits per heavy atom. The van der Waals surface area contributed by atoms with Crippen LogP contribution in [-0.2, 0) is 7.05 Å². The fourth-order valence-corrected chi connectivity index (χ4v) is 3.74. The fraction of sp³-hybridized carbons (Fsp3) is 0.375. The third-order valence-electron chi connectivity index (χ3n) is 4.43. The Labute approximate surface area is 154 Å². The maximum Gasteiger partial charge on any atom is 0.407 e. The van der Waals surface area contributed by atoms with Crippen LogP contribution in [0.3, 0.4) is 0 Å². The zero-order valence-electron chi connectivity index (χ0n) is 14.1. The minimum Gasteiger partial charge on any atom is -0.465 e. The number of aromatic nitrogens is 3. The van der Waals surface area contributed by atoms with E-state index < -0.39 is 12.0 Å². The SMILES string of the molecule is Cn1c(Sc2ccc(C(=O)NO)cc2)nnc1C1CCN(C(=O)O)CC1. The largest absolute Gasteiger partial charge is 0.465 e. The van der Waals surface area contributed by atoms with Crippen LogP contribution in [0.5, 0.6) is 0 Å². The maximum atomic E-state index is 11.3. The minimum atomic E-state index is -0.879. The molecule has 0 atom stereocenters. The highest BCUT2D eigenvalue weighted by atomic mass is 32.2. The third kappa shape index (κ3) is 3.81. The van der Waals surface area contributed by atoms with E-state index in [1.165, 1.54) is 16.7 Å². The Balaban J connectivity index is 1.68. The Bertz CT molecular complexity index is 799. The number of benzene rings is 1. The molecule has 1 aromatic heterocycles. The lowest BCUT2D eigenvalue weighted by Gasteiger charge is -2.29. The number of carboxylic acid groups (broad SMARTS) is 1. The van der Waals surface area contributed by atoms with Crippen LogP contribution in [0.1, 0.15) is 34.9 Å². The second-order valence-corrected chi connectivity index (χ2v) is 7.05. The molecular formula is C16H19N5O4S. The molecule has 0 bridgehead atoms. The van der Waals surface area contributed by atoms with E-state index in [0.717, 1.165) is 28.7 Å². The van der Waals surface area contributed by atoms with Crippen LogP contribution in [0.2, 0.25) is 0 Å². The van der Waals surface area contributed by atoms with Crippen molar-refractivity contribution in [2.24, 2.45) is 7.05 Å². The number of amides is 2. The number of nitrogens with one attached hydrogen (secondary N) is 1. The van der Waals surface area contributed by atoms with Gasteiger partial charge in [-0.05, 0) is 48.9 Å². The first-order chi connectivity index (χ1) is 12.5. The molecule has 3 N–H and O–H groups in total. The van der Waals surface area contributed by atoms with Crippen molar-refractivity contribution in [3.63, 3.8) is 0 Å². The summed E-state index contributed by atoms with van der Waals surface area (Å²) in [6.45, 7) is 1.01. The zero-order valence-corrected chi connectivity index (χ0v) is 14.9. The van der Waals surface area contributed by atoms with Gasteiger partial charge in [0.1, 0.15) is 5.82 Å². The molecule has 1 fully saturated rings. The number of piperidine rings is 1. The van der Waals surface area contributed by atoms with E-state index in [1.54, 1.807) is 29.7 Å². The number of rotatable bonds is 4.